The standard InChI is InChI=1S/C20H23N7O/c1-26(14-15-5-3-2-4-6-15)18-11-17(16-12-22-19(21)23-13-16)24-20(25-18)27-7-9-28-10-8-27/h2-6,11-13H,7-10,14H2,1H3,(H2,21,22,23). The van der Waals surface area contributed by atoms with Crippen molar-refractivity contribution in [2.24, 2.45) is 0 Å². The molecular weight excluding hydrogens is 354 g/mol. The Bertz CT molecular complexity index is 912. The van der Waals surface area contributed by atoms with Gasteiger partial charge in [0.2, 0.25) is 11.9 Å². The van der Waals surface area contributed by atoms with Gasteiger partial charge < -0.3 is 20.3 Å². The minimum Gasteiger partial charge on any atom is -0.378 e. The van der Waals surface area contributed by atoms with Gasteiger partial charge in [-0.05, 0) is 5.56 Å². The number of nitrogen functional groups attached to an aromatic ring is 1. The van der Waals surface area contributed by atoms with Crippen LogP contribution in [0.2, 0.25) is 0 Å². The lowest BCUT2D eigenvalue weighted by atomic mass is 10.2. The van der Waals surface area contributed by atoms with Crippen molar-refractivity contribution >= 4 is 17.7 Å². The van der Waals surface area contributed by atoms with E-state index >= 15 is 0 Å². The SMILES string of the molecule is CN(Cc1ccccc1)c1cc(-c2cnc(N)nc2)nc(N2CCOCC2)n1. The Morgan fingerprint density at radius 3 is 2.50 bits per heavy atom. The zero-order valence-electron chi connectivity index (χ0n) is 15.8. The van der Waals surface area contributed by atoms with Gasteiger partial charge >= 0.3 is 0 Å². The quantitative estimate of drug-likeness (QED) is 0.722. The van der Waals surface area contributed by atoms with Crippen molar-refractivity contribution in [3.8, 4) is 11.3 Å². The number of hydrogen-bond donors (Lipinski definition) is 1. The predicted octanol–water partition coefficient (Wildman–Crippen LogP) is 1.99. The molecule has 4 rings (SSSR count). The van der Waals surface area contributed by atoms with E-state index in [4.69, 9.17) is 20.4 Å². The first-order valence-electron chi connectivity index (χ1n) is 9.24. The second kappa shape index (κ2) is 8.18. The fourth-order valence-electron chi connectivity index (χ4n) is 3.08. The van der Waals surface area contributed by atoms with E-state index in [0.29, 0.717) is 19.2 Å². The zero-order valence-corrected chi connectivity index (χ0v) is 15.8. The molecule has 8 heteroatoms. The van der Waals surface area contributed by atoms with Gasteiger partial charge in [-0.15, -0.1) is 0 Å². The van der Waals surface area contributed by atoms with Crippen molar-refractivity contribution in [2.75, 3.05) is 48.9 Å². The largest absolute Gasteiger partial charge is 0.378 e. The number of morpholine rings is 1. The van der Waals surface area contributed by atoms with Crippen LogP contribution in [0.25, 0.3) is 11.3 Å². The first-order chi connectivity index (χ1) is 13.7. The highest BCUT2D eigenvalue weighted by Crippen LogP contribution is 2.25. The van der Waals surface area contributed by atoms with Gasteiger partial charge in [0.25, 0.3) is 0 Å². The minimum atomic E-state index is 0.243. The molecule has 0 atom stereocenters. The Balaban J connectivity index is 1.69. The lowest BCUT2D eigenvalue weighted by molar-refractivity contribution is 0.122. The smallest absolute Gasteiger partial charge is 0.228 e. The molecule has 0 saturated carbocycles. The summed E-state index contributed by atoms with van der Waals surface area (Å²) in [4.78, 5) is 22.0. The minimum absolute atomic E-state index is 0.243. The number of nitrogens with two attached hydrogens (primary N) is 1. The summed E-state index contributed by atoms with van der Waals surface area (Å²) in [6.45, 7) is 3.63. The Morgan fingerprint density at radius 2 is 1.79 bits per heavy atom. The van der Waals surface area contributed by atoms with Gasteiger partial charge in [-0.25, -0.2) is 15.0 Å². The van der Waals surface area contributed by atoms with Gasteiger partial charge in [-0.2, -0.15) is 4.98 Å². The van der Waals surface area contributed by atoms with Gasteiger partial charge in [-0.1, -0.05) is 30.3 Å². The molecule has 2 N–H and O–H groups in total. The van der Waals surface area contributed by atoms with Crippen molar-refractivity contribution in [2.45, 2.75) is 6.54 Å². The molecule has 1 aliphatic rings. The summed E-state index contributed by atoms with van der Waals surface area (Å²) in [6, 6.07) is 12.3. The van der Waals surface area contributed by atoms with Crippen LogP contribution in [0.3, 0.4) is 0 Å². The normalized spacial score (nSPS) is 14.1. The maximum atomic E-state index is 5.63. The van der Waals surface area contributed by atoms with Crippen LogP contribution >= 0.6 is 0 Å². The molecule has 0 unspecified atom stereocenters. The summed E-state index contributed by atoms with van der Waals surface area (Å²) in [6.07, 6.45) is 3.38. The lowest BCUT2D eigenvalue weighted by Gasteiger charge is -2.28. The van der Waals surface area contributed by atoms with E-state index in [9.17, 15) is 0 Å². The third-order valence-electron chi connectivity index (χ3n) is 4.62. The number of rotatable bonds is 5. The molecule has 0 bridgehead atoms. The third-order valence-corrected chi connectivity index (χ3v) is 4.62. The molecule has 0 amide bonds. The van der Waals surface area contributed by atoms with Crippen molar-refractivity contribution in [1.82, 2.24) is 19.9 Å². The lowest BCUT2D eigenvalue weighted by Crippen LogP contribution is -2.37. The van der Waals surface area contributed by atoms with Crippen LogP contribution in [0.15, 0.2) is 48.8 Å². The van der Waals surface area contributed by atoms with Gasteiger partial charge in [0.05, 0.1) is 18.9 Å². The van der Waals surface area contributed by atoms with Crippen LogP contribution in [0.4, 0.5) is 17.7 Å². The highest BCUT2D eigenvalue weighted by molar-refractivity contribution is 5.64. The summed E-state index contributed by atoms with van der Waals surface area (Å²) in [7, 11) is 2.03. The Hall–Kier alpha value is -3.26. The molecule has 8 nitrogen and oxygen atoms in total. The molecule has 0 radical (unpaired) electrons. The zero-order chi connectivity index (χ0) is 19.3. The fraction of sp³-hybridized carbons (Fsp3) is 0.300. The summed E-state index contributed by atoms with van der Waals surface area (Å²) in [5.41, 5.74) is 8.42. The number of anilines is 3. The van der Waals surface area contributed by atoms with Crippen LogP contribution in [-0.4, -0.2) is 53.3 Å². The number of aromatic nitrogens is 4. The van der Waals surface area contributed by atoms with E-state index in [1.54, 1.807) is 12.4 Å². The maximum absolute atomic E-state index is 5.63. The number of hydrogen-bond acceptors (Lipinski definition) is 8. The Labute approximate surface area is 164 Å². The molecule has 0 aliphatic carbocycles. The van der Waals surface area contributed by atoms with Crippen molar-refractivity contribution in [3.63, 3.8) is 0 Å². The first kappa shape index (κ1) is 18.1. The van der Waals surface area contributed by atoms with Crippen molar-refractivity contribution in [1.29, 1.82) is 0 Å². The molecule has 3 aromatic rings. The monoisotopic (exact) mass is 377 g/mol. The molecule has 2 aromatic heterocycles. The van der Waals surface area contributed by atoms with Gasteiger partial charge in [0, 0.05) is 50.7 Å². The van der Waals surface area contributed by atoms with Crippen LogP contribution in [-0.2, 0) is 11.3 Å². The highest BCUT2D eigenvalue weighted by atomic mass is 16.5. The summed E-state index contributed by atoms with van der Waals surface area (Å²) >= 11 is 0. The number of ether oxygens (including phenoxy) is 1. The Morgan fingerprint density at radius 1 is 1.07 bits per heavy atom. The van der Waals surface area contributed by atoms with Crippen molar-refractivity contribution < 1.29 is 4.74 Å². The first-order valence-corrected chi connectivity index (χ1v) is 9.24. The van der Waals surface area contributed by atoms with Crippen molar-refractivity contribution in [3.05, 3.63) is 54.4 Å². The molecule has 1 aliphatic heterocycles. The maximum Gasteiger partial charge on any atom is 0.228 e. The van der Waals surface area contributed by atoms with E-state index in [1.165, 1.54) is 5.56 Å². The van der Waals surface area contributed by atoms with E-state index in [2.05, 4.69) is 31.9 Å². The van der Waals surface area contributed by atoms with E-state index < -0.39 is 0 Å². The molecule has 1 saturated heterocycles. The molecule has 0 spiro atoms. The summed E-state index contributed by atoms with van der Waals surface area (Å²) in [5, 5.41) is 0. The van der Waals surface area contributed by atoms with Gasteiger partial charge in [-0.3, -0.25) is 0 Å². The molecule has 28 heavy (non-hydrogen) atoms. The second-order valence-corrected chi connectivity index (χ2v) is 6.68. The molecule has 1 aromatic carbocycles. The number of benzene rings is 1. The predicted molar refractivity (Wildman–Crippen MR) is 109 cm³/mol. The second-order valence-electron chi connectivity index (χ2n) is 6.68. The van der Waals surface area contributed by atoms with Crippen LogP contribution in [0.5, 0.6) is 0 Å². The molecule has 1 fully saturated rings. The topological polar surface area (TPSA) is 93.3 Å². The molecular formula is C20H23N7O. The van der Waals surface area contributed by atoms with E-state index in [0.717, 1.165) is 36.7 Å². The van der Waals surface area contributed by atoms with Crippen LogP contribution in [0.1, 0.15) is 5.56 Å². The van der Waals surface area contributed by atoms with Crippen LogP contribution < -0.4 is 15.5 Å². The molecule has 3 heterocycles. The van der Waals surface area contributed by atoms with Gasteiger partial charge in [0.1, 0.15) is 5.82 Å². The fourth-order valence-corrected chi connectivity index (χ4v) is 3.08. The Kier molecular flexibility index (Phi) is 5.29. The van der Waals surface area contributed by atoms with Gasteiger partial charge in [0.15, 0.2) is 0 Å². The summed E-state index contributed by atoms with van der Waals surface area (Å²) < 4.78 is 5.46. The third kappa shape index (κ3) is 4.17. The average molecular weight is 377 g/mol. The van der Waals surface area contributed by atoms with E-state index in [1.807, 2.05) is 31.3 Å². The highest BCUT2D eigenvalue weighted by Gasteiger charge is 2.18. The van der Waals surface area contributed by atoms with E-state index in [-0.39, 0.29) is 5.95 Å². The summed E-state index contributed by atoms with van der Waals surface area (Å²) in [5.74, 6) is 1.77. The number of nitrogens with zero attached hydrogens (tertiary/aromatic N) is 6. The molecule has 144 valence electrons. The van der Waals surface area contributed by atoms with Crippen LogP contribution in [0, 0.1) is 0 Å². The average Bonchev–Trinajstić information content (AvgIpc) is 2.75.